The second-order valence-electron chi connectivity index (χ2n) is 4.79. The van der Waals surface area contributed by atoms with Crippen LogP contribution in [-0.2, 0) is 4.74 Å². The molecule has 3 nitrogen and oxygen atoms in total. The van der Waals surface area contributed by atoms with Crippen molar-refractivity contribution < 1.29 is 9.13 Å². The van der Waals surface area contributed by atoms with Crippen molar-refractivity contribution >= 4 is 15.9 Å². The van der Waals surface area contributed by atoms with Crippen molar-refractivity contribution in [1.29, 1.82) is 0 Å². The average molecular weight is 331 g/mol. The molecule has 2 unspecified atom stereocenters. The Hall–Kier alpha value is -0.490. The summed E-state index contributed by atoms with van der Waals surface area (Å²) >= 11 is 3.28. The second-order valence-corrected chi connectivity index (χ2v) is 5.71. The van der Waals surface area contributed by atoms with E-state index in [1.54, 1.807) is 0 Å². The maximum absolute atomic E-state index is 14.1. The van der Waals surface area contributed by atoms with Crippen LogP contribution in [0.15, 0.2) is 22.7 Å². The van der Waals surface area contributed by atoms with E-state index in [0.29, 0.717) is 31.4 Å². The van der Waals surface area contributed by atoms with Crippen molar-refractivity contribution in [2.24, 2.45) is 5.73 Å². The molecule has 2 atom stereocenters. The Morgan fingerprint density at radius 2 is 2.37 bits per heavy atom. The number of benzene rings is 1. The lowest BCUT2D eigenvalue weighted by Gasteiger charge is -2.40. The lowest BCUT2D eigenvalue weighted by molar-refractivity contribution is -0.0297. The van der Waals surface area contributed by atoms with Crippen LogP contribution in [-0.4, -0.2) is 37.2 Å². The van der Waals surface area contributed by atoms with Gasteiger partial charge in [0.2, 0.25) is 0 Å². The molecule has 1 aromatic rings. The van der Waals surface area contributed by atoms with Gasteiger partial charge in [-0.15, -0.1) is 0 Å². The molecule has 1 aliphatic heterocycles. The summed E-state index contributed by atoms with van der Waals surface area (Å²) in [5, 5.41) is 0. The fourth-order valence-electron chi connectivity index (χ4n) is 2.64. The van der Waals surface area contributed by atoms with Crippen LogP contribution in [0.25, 0.3) is 0 Å². The summed E-state index contributed by atoms with van der Waals surface area (Å²) < 4.78 is 20.4. The Kier molecular flexibility index (Phi) is 5.33. The van der Waals surface area contributed by atoms with Gasteiger partial charge in [-0.2, -0.15) is 0 Å². The highest BCUT2D eigenvalue weighted by atomic mass is 79.9. The van der Waals surface area contributed by atoms with Crippen LogP contribution >= 0.6 is 15.9 Å². The van der Waals surface area contributed by atoms with Crippen molar-refractivity contribution in [2.45, 2.75) is 25.4 Å². The number of rotatable bonds is 4. The minimum absolute atomic E-state index is 0.0815. The van der Waals surface area contributed by atoms with Gasteiger partial charge < -0.3 is 10.5 Å². The maximum Gasteiger partial charge on any atom is 0.129 e. The van der Waals surface area contributed by atoms with Crippen LogP contribution < -0.4 is 5.73 Å². The third-order valence-electron chi connectivity index (χ3n) is 3.69. The first-order valence-corrected chi connectivity index (χ1v) is 7.45. The third-order valence-corrected chi connectivity index (χ3v) is 4.18. The van der Waals surface area contributed by atoms with E-state index in [-0.39, 0.29) is 11.9 Å². The van der Waals surface area contributed by atoms with Gasteiger partial charge in [0, 0.05) is 29.2 Å². The summed E-state index contributed by atoms with van der Waals surface area (Å²) in [5.74, 6) is -0.203. The summed E-state index contributed by atoms with van der Waals surface area (Å²) in [7, 11) is 0. The number of nitrogens with two attached hydrogens (primary N) is 1. The number of ether oxygens (including phenoxy) is 1. The SMILES string of the molecule is CCC1COCCN1C(CN)c1ccc(Br)cc1F. The summed E-state index contributed by atoms with van der Waals surface area (Å²) in [6, 6.07) is 5.41. The van der Waals surface area contributed by atoms with Gasteiger partial charge in [0.05, 0.1) is 19.3 Å². The molecular formula is C14H20BrFN2O. The normalized spacial score (nSPS) is 22.4. The molecule has 1 heterocycles. The molecule has 0 aromatic heterocycles. The Labute approximate surface area is 122 Å². The Balaban J connectivity index is 2.27. The predicted octanol–water partition coefficient (Wildman–Crippen LogP) is 2.70. The second kappa shape index (κ2) is 6.79. The molecule has 0 aliphatic carbocycles. The van der Waals surface area contributed by atoms with Crippen molar-refractivity contribution in [3.8, 4) is 0 Å². The van der Waals surface area contributed by atoms with E-state index in [1.807, 2.05) is 12.1 Å². The minimum Gasteiger partial charge on any atom is -0.378 e. The van der Waals surface area contributed by atoms with E-state index in [4.69, 9.17) is 10.5 Å². The Morgan fingerprint density at radius 1 is 1.58 bits per heavy atom. The molecule has 0 amide bonds. The minimum atomic E-state index is -0.203. The number of nitrogens with zero attached hydrogens (tertiary/aromatic N) is 1. The predicted molar refractivity (Wildman–Crippen MR) is 77.5 cm³/mol. The zero-order valence-corrected chi connectivity index (χ0v) is 12.7. The number of hydrogen-bond acceptors (Lipinski definition) is 3. The van der Waals surface area contributed by atoms with Crippen LogP contribution in [0, 0.1) is 5.82 Å². The molecule has 1 saturated heterocycles. The van der Waals surface area contributed by atoms with Gasteiger partial charge in [-0.05, 0) is 18.6 Å². The lowest BCUT2D eigenvalue weighted by Crippen LogP contribution is -2.49. The molecule has 1 aromatic carbocycles. The summed E-state index contributed by atoms with van der Waals surface area (Å²) in [5.41, 5.74) is 6.57. The first kappa shape index (κ1) is 14.9. The van der Waals surface area contributed by atoms with Crippen molar-refractivity contribution in [2.75, 3.05) is 26.3 Å². The zero-order valence-electron chi connectivity index (χ0n) is 11.1. The smallest absolute Gasteiger partial charge is 0.129 e. The average Bonchev–Trinajstić information content (AvgIpc) is 2.42. The van der Waals surface area contributed by atoms with Gasteiger partial charge in [-0.3, -0.25) is 4.90 Å². The molecular weight excluding hydrogens is 311 g/mol. The van der Waals surface area contributed by atoms with E-state index >= 15 is 0 Å². The van der Waals surface area contributed by atoms with E-state index in [9.17, 15) is 4.39 Å². The molecule has 0 radical (unpaired) electrons. The van der Waals surface area contributed by atoms with Crippen LogP contribution in [0.4, 0.5) is 4.39 Å². The number of halogens is 2. The van der Waals surface area contributed by atoms with E-state index < -0.39 is 0 Å². The Morgan fingerprint density at radius 3 is 3.00 bits per heavy atom. The standard InChI is InChI=1S/C14H20BrFN2O/c1-2-11-9-19-6-5-18(11)14(8-17)12-4-3-10(15)7-13(12)16/h3-4,7,11,14H,2,5-6,8-9,17H2,1H3. The topological polar surface area (TPSA) is 38.5 Å². The Bertz CT molecular complexity index is 430. The van der Waals surface area contributed by atoms with Crippen LogP contribution in [0.3, 0.4) is 0 Å². The molecule has 2 N–H and O–H groups in total. The number of morpholine rings is 1. The maximum atomic E-state index is 14.1. The highest BCUT2D eigenvalue weighted by molar-refractivity contribution is 9.10. The first-order chi connectivity index (χ1) is 9.17. The van der Waals surface area contributed by atoms with Gasteiger partial charge in [0.1, 0.15) is 5.82 Å². The molecule has 0 saturated carbocycles. The fraction of sp³-hybridized carbons (Fsp3) is 0.571. The highest BCUT2D eigenvalue weighted by Crippen LogP contribution is 2.28. The first-order valence-electron chi connectivity index (χ1n) is 6.65. The van der Waals surface area contributed by atoms with Gasteiger partial charge in [0.15, 0.2) is 0 Å². The highest BCUT2D eigenvalue weighted by Gasteiger charge is 2.29. The van der Waals surface area contributed by atoms with Gasteiger partial charge in [0.25, 0.3) is 0 Å². The molecule has 0 bridgehead atoms. The van der Waals surface area contributed by atoms with Gasteiger partial charge in [-0.25, -0.2) is 4.39 Å². The van der Waals surface area contributed by atoms with Crippen LogP contribution in [0.1, 0.15) is 24.9 Å². The monoisotopic (exact) mass is 330 g/mol. The zero-order chi connectivity index (χ0) is 13.8. The third kappa shape index (κ3) is 3.34. The van der Waals surface area contributed by atoms with Crippen molar-refractivity contribution in [1.82, 2.24) is 4.90 Å². The molecule has 5 heteroatoms. The summed E-state index contributed by atoms with van der Waals surface area (Å²) in [4.78, 5) is 2.27. The summed E-state index contributed by atoms with van der Waals surface area (Å²) in [6.07, 6.45) is 0.981. The number of hydrogen-bond donors (Lipinski definition) is 1. The molecule has 2 rings (SSSR count). The summed E-state index contributed by atoms with van der Waals surface area (Å²) in [6.45, 7) is 4.72. The quantitative estimate of drug-likeness (QED) is 0.922. The van der Waals surface area contributed by atoms with Crippen LogP contribution in [0.2, 0.25) is 0 Å². The molecule has 106 valence electrons. The fourth-order valence-corrected chi connectivity index (χ4v) is 2.98. The van der Waals surface area contributed by atoms with E-state index in [2.05, 4.69) is 27.8 Å². The van der Waals surface area contributed by atoms with Crippen molar-refractivity contribution in [3.63, 3.8) is 0 Å². The van der Waals surface area contributed by atoms with Crippen molar-refractivity contribution in [3.05, 3.63) is 34.1 Å². The van der Waals surface area contributed by atoms with Gasteiger partial charge >= 0.3 is 0 Å². The van der Waals surface area contributed by atoms with E-state index in [0.717, 1.165) is 17.4 Å². The van der Waals surface area contributed by atoms with Gasteiger partial charge in [-0.1, -0.05) is 28.9 Å². The lowest BCUT2D eigenvalue weighted by atomic mass is 10.0. The molecule has 0 spiro atoms. The molecule has 19 heavy (non-hydrogen) atoms. The molecule has 1 aliphatic rings. The largest absolute Gasteiger partial charge is 0.378 e. The molecule has 1 fully saturated rings. The van der Waals surface area contributed by atoms with Crippen LogP contribution in [0.5, 0.6) is 0 Å². The van der Waals surface area contributed by atoms with E-state index in [1.165, 1.54) is 6.07 Å².